The Balaban J connectivity index is 1.74. The van der Waals surface area contributed by atoms with E-state index in [0.717, 1.165) is 31.1 Å². The summed E-state index contributed by atoms with van der Waals surface area (Å²) in [6.45, 7) is 10.8. The molecule has 0 spiro atoms. The molecule has 1 N–H and O–H groups in total. The van der Waals surface area contributed by atoms with Crippen LogP contribution in [0.4, 0.5) is 4.79 Å². The van der Waals surface area contributed by atoms with Gasteiger partial charge in [-0.3, -0.25) is 0 Å². The summed E-state index contributed by atoms with van der Waals surface area (Å²) < 4.78 is 10.2. The number of aromatic nitrogens is 1. The molecule has 140 valence electrons. The highest BCUT2D eigenvalue weighted by Crippen LogP contribution is 2.30. The average molecular weight is 369 g/mol. The number of carbonyl (C=O) groups excluding carboxylic acids is 2. The zero-order chi connectivity index (χ0) is 18.4. The fourth-order valence-corrected chi connectivity index (χ4v) is 3.58. The van der Waals surface area contributed by atoms with Crippen molar-refractivity contribution in [2.24, 2.45) is 0 Å². The fourth-order valence-electron chi connectivity index (χ4n) is 2.64. The second-order valence-corrected chi connectivity index (χ2v) is 8.06. The van der Waals surface area contributed by atoms with Crippen molar-refractivity contribution in [3.05, 3.63) is 16.1 Å². The lowest BCUT2D eigenvalue weighted by molar-refractivity contribution is 0.0516. The van der Waals surface area contributed by atoms with Crippen LogP contribution in [0.3, 0.4) is 0 Å². The number of ether oxygens (including phenoxy) is 2. The minimum atomic E-state index is -0.482. The van der Waals surface area contributed by atoms with Gasteiger partial charge in [0.2, 0.25) is 0 Å². The molecule has 1 atom stereocenters. The molecule has 1 aromatic heterocycles. The van der Waals surface area contributed by atoms with E-state index in [0.29, 0.717) is 23.9 Å². The van der Waals surface area contributed by atoms with Crippen LogP contribution in [0.15, 0.2) is 6.20 Å². The van der Waals surface area contributed by atoms with Crippen LogP contribution in [-0.4, -0.2) is 60.3 Å². The molecule has 1 saturated heterocycles. The lowest BCUT2D eigenvalue weighted by Gasteiger charge is -2.21. The quantitative estimate of drug-likeness (QED) is 0.777. The van der Waals surface area contributed by atoms with Crippen LogP contribution in [0.2, 0.25) is 0 Å². The first-order valence-corrected chi connectivity index (χ1v) is 9.42. The largest absolute Gasteiger partial charge is 0.462 e. The summed E-state index contributed by atoms with van der Waals surface area (Å²) >= 11 is 1.41. The third kappa shape index (κ3) is 6.28. The first-order valence-electron chi connectivity index (χ1n) is 8.60. The van der Waals surface area contributed by atoms with Crippen molar-refractivity contribution < 1.29 is 19.1 Å². The van der Waals surface area contributed by atoms with Gasteiger partial charge in [-0.1, -0.05) is 0 Å². The van der Waals surface area contributed by atoms with Gasteiger partial charge in [0.1, 0.15) is 10.5 Å². The third-order valence-corrected chi connectivity index (χ3v) is 4.86. The van der Waals surface area contributed by atoms with Gasteiger partial charge in [-0.05, 0) is 40.7 Å². The van der Waals surface area contributed by atoms with Gasteiger partial charge >= 0.3 is 12.1 Å². The molecule has 7 nitrogen and oxygen atoms in total. The summed E-state index contributed by atoms with van der Waals surface area (Å²) in [5, 5.41) is 3.75. The van der Waals surface area contributed by atoms with Crippen LogP contribution < -0.4 is 5.32 Å². The standard InChI is InChI=1S/C17H27N3O4S/c1-5-23-15(21)13-10-19-14(25-13)12-6-8-20(11-12)9-7-18-16(22)24-17(2,3)4/h10,12H,5-9,11H2,1-4H3,(H,18,22). The second-order valence-electron chi connectivity index (χ2n) is 7.00. The first-order chi connectivity index (χ1) is 11.8. The van der Waals surface area contributed by atoms with Crippen molar-refractivity contribution in [3.8, 4) is 0 Å². The van der Waals surface area contributed by atoms with Crippen LogP contribution in [0, 0.1) is 0 Å². The van der Waals surface area contributed by atoms with Gasteiger partial charge in [-0.15, -0.1) is 11.3 Å². The Morgan fingerprint density at radius 3 is 2.88 bits per heavy atom. The molecule has 2 rings (SSSR count). The van der Waals surface area contributed by atoms with E-state index >= 15 is 0 Å². The molecule has 0 radical (unpaired) electrons. The molecule has 8 heteroatoms. The van der Waals surface area contributed by atoms with Gasteiger partial charge in [0, 0.05) is 25.6 Å². The van der Waals surface area contributed by atoms with E-state index in [1.807, 2.05) is 20.8 Å². The molecule has 0 aliphatic carbocycles. The van der Waals surface area contributed by atoms with Gasteiger partial charge in [0.05, 0.1) is 17.8 Å². The van der Waals surface area contributed by atoms with Crippen LogP contribution in [0.5, 0.6) is 0 Å². The minimum absolute atomic E-state index is 0.303. The molecule has 1 aliphatic rings. The Bertz CT molecular complexity index is 597. The van der Waals surface area contributed by atoms with E-state index in [9.17, 15) is 9.59 Å². The van der Waals surface area contributed by atoms with Crippen LogP contribution in [0.1, 0.15) is 54.7 Å². The van der Waals surface area contributed by atoms with E-state index in [1.54, 1.807) is 13.1 Å². The summed E-state index contributed by atoms with van der Waals surface area (Å²) in [7, 11) is 0. The molecule has 0 saturated carbocycles. The highest BCUT2D eigenvalue weighted by atomic mass is 32.1. The number of nitrogens with one attached hydrogen (secondary N) is 1. The highest BCUT2D eigenvalue weighted by Gasteiger charge is 2.27. The maximum Gasteiger partial charge on any atom is 0.407 e. The fraction of sp³-hybridized carbons (Fsp3) is 0.706. The molecular weight excluding hydrogens is 342 g/mol. The predicted octanol–water partition coefficient (Wildman–Crippen LogP) is 2.63. The molecule has 0 aromatic carbocycles. The molecule has 1 aliphatic heterocycles. The summed E-state index contributed by atoms with van der Waals surface area (Å²) in [6, 6.07) is 0. The Morgan fingerprint density at radius 2 is 2.20 bits per heavy atom. The first kappa shape index (κ1) is 19.7. The third-order valence-electron chi connectivity index (χ3n) is 3.72. The van der Waals surface area contributed by atoms with Crippen LogP contribution >= 0.6 is 11.3 Å². The van der Waals surface area contributed by atoms with Gasteiger partial charge in [-0.25, -0.2) is 14.6 Å². The van der Waals surface area contributed by atoms with Crippen molar-refractivity contribution in [1.29, 1.82) is 0 Å². The maximum atomic E-state index is 11.7. The smallest absolute Gasteiger partial charge is 0.407 e. The SMILES string of the molecule is CCOC(=O)c1cnc(C2CCN(CCNC(=O)OC(C)(C)C)C2)s1. The van der Waals surface area contributed by atoms with Crippen molar-refractivity contribution in [2.45, 2.75) is 45.6 Å². The zero-order valence-corrected chi connectivity index (χ0v) is 16.1. The van der Waals surface area contributed by atoms with Gasteiger partial charge < -0.3 is 19.7 Å². The monoisotopic (exact) mass is 369 g/mol. The van der Waals surface area contributed by atoms with E-state index in [1.165, 1.54) is 11.3 Å². The maximum absolute atomic E-state index is 11.7. The van der Waals surface area contributed by atoms with E-state index in [2.05, 4.69) is 15.2 Å². The molecule has 1 fully saturated rings. The second kappa shape index (κ2) is 8.62. The summed E-state index contributed by atoms with van der Waals surface area (Å²) in [5.74, 6) is 0.0253. The number of nitrogens with zero attached hydrogens (tertiary/aromatic N) is 2. The molecule has 25 heavy (non-hydrogen) atoms. The zero-order valence-electron chi connectivity index (χ0n) is 15.3. The molecule has 1 aromatic rings. The minimum Gasteiger partial charge on any atom is -0.462 e. The van der Waals surface area contributed by atoms with Gasteiger partial charge in [0.15, 0.2) is 0 Å². The van der Waals surface area contributed by atoms with Crippen molar-refractivity contribution in [2.75, 3.05) is 32.8 Å². The van der Waals surface area contributed by atoms with Gasteiger partial charge in [0.25, 0.3) is 0 Å². The van der Waals surface area contributed by atoms with Gasteiger partial charge in [-0.2, -0.15) is 0 Å². The lowest BCUT2D eigenvalue weighted by Crippen LogP contribution is -2.37. The topological polar surface area (TPSA) is 80.8 Å². The molecular formula is C17H27N3O4S. The lowest BCUT2D eigenvalue weighted by atomic mass is 10.1. The number of amides is 1. The predicted molar refractivity (Wildman–Crippen MR) is 96.1 cm³/mol. The number of carbonyl (C=O) groups is 2. The molecule has 2 heterocycles. The number of alkyl carbamates (subject to hydrolysis) is 1. The number of hydrogen-bond donors (Lipinski definition) is 1. The Morgan fingerprint density at radius 1 is 1.44 bits per heavy atom. The summed E-state index contributed by atoms with van der Waals surface area (Å²) in [6.07, 6.45) is 2.22. The van der Waals surface area contributed by atoms with E-state index < -0.39 is 5.60 Å². The number of rotatable bonds is 6. The molecule has 1 amide bonds. The number of thiazole rings is 1. The average Bonchev–Trinajstić information content (AvgIpc) is 3.14. The van der Waals surface area contributed by atoms with Crippen molar-refractivity contribution >= 4 is 23.4 Å². The van der Waals surface area contributed by atoms with Crippen LogP contribution in [-0.2, 0) is 9.47 Å². The van der Waals surface area contributed by atoms with Crippen molar-refractivity contribution in [1.82, 2.24) is 15.2 Å². The van der Waals surface area contributed by atoms with E-state index in [4.69, 9.17) is 9.47 Å². The summed E-state index contributed by atoms with van der Waals surface area (Å²) in [5.41, 5.74) is -0.482. The highest BCUT2D eigenvalue weighted by molar-refractivity contribution is 7.13. The normalized spacial score (nSPS) is 18.2. The van der Waals surface area contributed by atoms with E-state index in [-0.39, 0.29) is 12.1 Å². The number of esters is 1. The van der Waals surface area contributed by atoms with Crippen molar-refractivity contribution in [3.63, 3.8) is 0 Å². The Hall–Kier alpha value is -1.67. The molecule has 0 bridgehead atoms. The number of likely N-dealkylation sites (tertiary alicyclic amines) is 1. The Kier molecular flexibility index (Phi) is 6.78. The molecule has 1 unspecified atom stereocenters. The Labute approximate surface area is 152 Å². The summed E-state index contributed by atoms with van der Waals surface area (Å²) in [4.78, 5) is 30.6. The number of hydrogen-bond acceptors (Lipinski definition) is 7. The van der Waals surface area contributed by atoms with Crippen LogP contribution in [0.25, 0.3) is 0 Å².